The van der Waals surface area contributed by atoms with Gasteiger partial charge >= 0.3 is 131 Å². The van der Waals surface area contributed by atoms with Crippen LogP contribution >= 0.6 is 0 Å². The zero-order valence-corrected chi connectivity index (χ0v) is 13.7. The van der Waals surface area contributed by atoms with E-state index in [-0.39, 0.29) is 0 Å². The van der Waals surface area contributed by atoms with Crippen LogP contribution in [0.1, 0.15) is 42.5 Å². The van der Waals surface area contributed by atoms with E-state index in [0.29, 0.717) is 25.7 Å². The Labute approximate surface area is 131 Å². The molecule has 0 aromatic heterocycles. The summed E-state index contributed by atoms with van der Waals surface area (Å²) in [4.78, 5) is 12.3. The van der Waals surface area contributed by atoms with E-state index in [9.17, 15) is 4.79 Å². The van der Waals surface area contributed by atoms with Crippen LogP contribution in [0.25, 0.3) is 0 Å². The van der Waals surface area contributed by atoms with Crippen molar-refractivity contribution < 1.29 is 4.79 Å². The van der Waals surface area contributed by atoms with Crippen LogP contribution in [0.3, 0.4) is 0 Å². The molecule has 2 fully saturated rings. The molecule has 1 aromatic carbocycles. The average Bonchev–Trinajstić information content (AvgIpc) is 2.53. The van der Waals surface area contributed by atoms with Gasteiger partial charge in [-0.2, -0.15) is 0 Å². The third-order valence-electron chi connectivity index (χ3n) is 4.35. The number of hydrogen-bond acceptors (Lipinski definition) is 2. The van der Waals surface area contributed by atoms with Crippen LogP contribution in [0.5, 0.6) is 0 Å². The van der Waals surface area contributed by atoms with E-state index >= 15 is 0 Å². The van der Waals surface area contributed by atoms with Crippen LogP contribution in [0, 0.1) is 5.92 Å². The molecule has 3 atom stereocenters. The Morgan fingerprint density at radius 3 is 2.76 bits per heavy atom. The second-order valence-electron chi connectivity index (χ2n) is 5.75. The number of hydrazone groups is 1. The van der Waals surface area contributed by atoms with Crippen LogP contribution in [0.2, 0.25) is 4.82 Å². The van der Waals surface area contributed by atoms with Gasteiger partial charge in [-0.15, -0.1) is 0 Å². The Hall–Kier alpha value is -1.32. The summed E-state index contributed by atoms with van der Waals surface area (Å²) < 4.78 is 0. The van der Waals surface area contributed by atoms with Crippen LogP contribution < -0.4 is 11.2 Å². The van der Waals surface area contributed by atoms with Gasteiger partial charge in [-0.1, -0.05) is 0 Å². The molecule has 1 saturated carbocycles. The molecule has 0 bridgehead atoms. The summed E-state index contributed by atoms with van der Waals surface area (Å²) in [5.74, 6) is 0.561. The average molecular weight is 350 g/mol. The van der Waals surface area contributed by atoms with Crippen molar-refractivity contribution in [1.82, 2.24) is 5.43 Å². The number of rotatable bonds is 2. The third kappa shape index (κ3) is 3.47. The van der Waals surface area contributed by atoms with E-state index in [1.807, 2.05) is 0 Å². The molecule has 1 aliphatic heterocycles. The fourth-order valence-electron chi connectivity index (χ4n) is 3.36. The number of carbonyl (C=O) groups excluding carboxylic acids is 1. The molecular weight excluding hydrogens is 329 g/mol. The molecule has 1 aliphatic carbocycles. The summed E-state index contributed by atoms with van der Waals surface area (Å²) >= 11 is 0.609. The zero-order chi connectivity index (χ0) is 14.7. The van der Waals surface area contributed by atoms with Crippen molar-refractivity contribution in [3.8, 4) is 0 Å². The number of fused-ring (bicyclic) bond motifs is 1. The Balaban J connectivity index is 1.83. The molecule has 4 nitrogen and oxygen atoms in total. The number of nitrogens with two attached hydrogens (primary N) is 1. The quantitative estimate of drug-likeness (QED) is 0.625. The van der Waals surface area contributed by atoms with Gasteiger partial charge in [0.2, 0.25) is 0 Å². The molecule has 0 radical (unpaired) electrons. The predicted octanol–water partition coefficient (Wildman–Crippen LogP) is 2.84. The number of benzene rings is 1. The SMILES string of the molecule is NC(=O)N/N=C1/C[C@H](c2ccccc2)[Se][C@H]2CCCC[C@@H]12. The first-order chi connectivity index (χ1) is 10.2. The van der Waals surface area contributed by atoms with Crippen LogP contribution in [-0.4, -0.2) is 26.7 Å². The summed E-state index contributed by atoms with van der Waals surface area (Å²) in [6.45, 7) is 0. The van der Waals surface area contributed by atoms with E-state index in [1.165, 1.54) is 31.2 Å². The number of nitrogens with one attached hydrogen (secondary N) is 1. The molecule has 112 valence electrons. The fraction of sp³-hybridized carbons (Fsp3) is 0.500. The zero-order valence-electron chi connectivity index (χ0n) is 12.0. The number of urea groups is 1. The van der Waals surface area contributed by atoms with Gasteiger partial charge in [0.05, 0.1) is 0 Å². The van der Waals surface area contributed by atoms with Crippen molar-refractivity contribution in [2.24, 2.45) is 16.8 Å². The summed E-state index contributed by atoms with van der Waals surface area (Å²) in [6, 6.07) is 10.1. The summed E-state index contributed by atoms with van der Waals surface area (Å²) in [5, 5.41) is 4.34. The molecule has 5 heteroatoms. The van der Waals surface area contributed by atoms with Crippen LogP contribution in [0.15, 0.2) is 35.4 Å². The molecule has 0 unspecified atom stereocenters. The molecular formula is C16H21N3OSe. The van der Waals surface area contributed by atoms with E-state index < -0.39 is 6.03 Å². The van der Waals surface area contributed by atoms with Crippen molar-refractivity contribution in [3.63, 3.8) is 0 Å². The number of amides is 2. The van der Waals surface area contributed by atoms with Crippen molar-refractivity contribution in [2.75, 3.05) is 0 Å². The number of carbonyl (C=O) groups is 1. The first-order valence-corrected chi connectivity index (χ1v) is 9.54. The summed E-state index contributed by atoms with van der Waals surface area (Å²) in [6.07, 6.45) is 6.10. The molecule has 2 aliphatic rings. The summed E-state index contributed by atoms with van der Waals surface area (Å²) in [7, 11) is 0. The minimum absolute atomic E-state index is 0.561. The second kappa shape index (κ2) is 6.63. The fourth-order valence-corrected chi connectivity index (χ4v) is 7.11. The van der Waals surface area contributed by atoms with Crippen LogP contribution in [-0.2, 0) is 0 Å². The van der Waals surface area contributed by atoms with Gasteiger partial charge in [-0.25, -0.2) is 0 Å². The van der Waals surface area contributed by atoms with Gasteiger partial charge in [0.25, 0.3) is 0 Å². The van der Waals surface area contributed by atoms with E-state index in [4.69, 9.17) is 5.73 Å². The number of primary amides is 1. The van der Waals surface area contributed by atoms with Gasteiger partial charge in [0.1, 0.15) is 0 Å². The van der Waals surface area contributed by atoms with Crippen molar-refractivity contribution in [2.45, 2.75) is 41.7 Å². The maximum atomic E-state index is 11.0. The normalized spacial score (nSPS) is 30.7. The molecule has 0 spiro atoms. The Morgan fingerprint density at radius 2 is 2.00 bits per heavy atom. The van der Waals surface area contributed by atoms with Crippen molar-refractivity contribution in [1.29, 1.82) is 0 Å². The maximum absolute atomic E-state index is 11.0. The third-order valence-corrected chi connectivity index (χ3v) is 7.87. The standard InChI is InChI=1S/C16H21N3OSe/c17-16(20)19-18-13-10-15(11-6-2-1-3-7-11)21-14-9-5-4-8-12(13)14/h1-3,6-7,12,14-15H,4-5,8-10H2,(H3,17,19,20)/b18-13-/t12-,14-,15+/m0/s1. The Morgan fingerprint density at radius 1 is 1.24 bits per heavy atom. The molecule has 3 rings (SSSR count). The van der Waals surface area contributed by atoms with Crippen molar-refractivity contribution in [3.05, 3.63) is 35.9 Å². The molecule has 1 aromatic rings. The van der Waals surface area contributed by atoms with E-state index in [2.05, 4.69) is 40.9 Å². The minimum atomic E-state index is -0.567. The molecule has 1 heterocycles. The van der Waals surface area contributed by atoms with Gasteiger partial charge in [-0.05, 0) is 0 Å². The Kier molecular flexibility index (Phi) is 4.61. The van der Waals surface area contributed by atoms with Crippen molar-refractivity contribution >= 4 is 26.7 Å². The van der Waals surface area contributed by atoms with Gasteiger partial charge in [0, 0.05) is 0 Å². The Bertz CT molecular complexity index is 532. The van der Waals surface area contributed by atoms with E-state index in [1.54, 1.807) is 0 Å². The molecule has 2 amide bonds. The molecule has 21 heavy (non-hydrogen) atoms. The van der Waals surface area contributed by atoms with Gasteiger partial charge < -0.3 is 0 Å². The topological polar surface area (TPSA) is 67.5 Å². The van der Waals surface area contributed by atoms with Crippen LogP contribution in [0.4, 0.5) is 4.79 Å². The molecule has 1 saturated heterocycles. The second-order valence-corrected chi connectivity index (χ2v) is 8.78. The van der Waals surface area contributed by atoms with Gasteiger partial charge in [-0.3, -0.25) is 0 Å². The number of hydrogen-bond donors (Lipinski definition) is 2. The predicted molar refractivity (Wildman–Crippen MR) is 85.4 cm³/mol. The van der Waals surface area contributed by atoms with Gasteiger partial charge in [0.15, 0.2) is 0 Å². The molecule has 3 N–H and O–H groups in total. The summed E-state index contributed by atoms with van der Waals surface area (Å²) in [5.41, 5.74) is 10.2. The van der Waals surface area contributed by atoms with E-state index in [0.717, 1.165) is 16.9 Å². The first-order valence-electron chi connectivity index (χ1n) is 7.56. The monoisotopic (exact) mass is 351 g/mol. The first kappa shape index (κ1) is 14.6. The number of nitrogens with zero attached hydrogens (tertiary/aromatic N) is 1.